The first-order valence-electron chi connectivity index (χ1n) is 8.20. The topological polar surface area (TPSA) is 29.5 Å². The normalized spacial score (nSPS) is 26.1. The lowest BCUT2D eigenvalue weighted by atomic mass is 9.78. The number of para-hydroxylation sites is 1. The Labute approximate surface area is 127 Å². The molecule has 0 bridgehead atoms. The highest BCUT2D eigenvalue weighted by molar-refractivity contribution is 6.00. The summed E-state index contributed by atoms with van der Waals surface area (Å²) in [6.07, 6.45) is 7.90. The van der Waals surface area contributed by atoms with E-state index in [0.717, 1.165) is 18.0 Å². The van der Waals surface area contributed by atoms with Crippen LogP contribution in [0.2, 0.25) is 0 Å². The average Bonchev–Trinajstić information content (AvgIpc) is 2.55. The third-order valence-electron chi connectivity index (χ3n) is 5.11. The molecule has 21 heavy (non-hydrogen) atoms. The summed E-state index contributed by atoms with van der Waals surface area (Å²) in [5, 5.41) is 0. The lowest BCUT2D eigenvalue weighted by molar-refractivity contribution is 0.0538. The zero-order chi connectivity index (χ0) is 14.7. The Morgan fingerprint density at radius 2 is 1.95 bits per heavy atom. The van der Waals surface area contributed by atoms with Gasteiger partial charge in [-0.1, -0.05) is 25.0 Å². The van der Waals surface area contributed by atoms with Gasteiger partial charge in [-0.2, -0.15) is 0 Å². The Hall–Kier alpha value is -1.35. The summed E-state index contributed by atoms with van der Waals surface area (Å²) in [5.41, 5.74) is 0.720. The zero-order valence-electron chi connectivity index (χ0n) is 12.9. The van der Waals surface area contributed by atoms with Gasteiger partial charge < -0.3 is 4.74 Å². The number of benzene rings is 1. The highest BCUT2D eigenvalue weighted by atomic mass is 16.5. The quantitative estimate of drug-likeness (QED) is 0.793. The van der Waals surface area contributed by atoms with Crippen LogP contribution in [-0.2, 0) is 0 Å². The maximum absolute atomic E-state index is 12.6. The van der Waals surface area contributed by atoms with E-state index in [0.29, 0.717) is 18.3 Å². The molecule has 1 saturated heterocycles. The number of ether oxygens (including phenoxy) is 1. The number of nitrogens with zero attached hydrogens (tertiary/aromatic N) is 1. The number of ketones is 1. The van der Waals surface area contributed by atoms with E-state index in [1.807, 2.05) is 24.3 Å². The SMILES string of the molecule is COc1ccccc1C(=O)CN1CCCC2CCCCC21. The van der Waals surface area contributed by atoms with Crippen LogP contribution >= 0.6 is 0 Å². The van der Waals surface area contributed by atoms with E-state index in [1.165, 1.54) is 38.5 Å². The van der Waals surface area contributed by atoms with Crippen LogP contribution in [0.1, 0.15) is 48.9 Å². The molecule has 0 spiro atoms. The minimum atomic E-state index is 0.193. The molecule has 1 heterocycles. The lowest BCUT2D eigenvalue weighted by Gasteiger charge is -2.43. The van der Waals surface area contributed by atoms with Gasteiger partial charge >= 0.3 is 0 Å². The Balaban J connectivity index is 1.71. The Morgan fingerprint density at radius 3 is 2.81 bits per heavy atom. The molecule has 2 aliphatic rings. The summed E-state index contributed by atoms with van der Waals surface area (Å²) in [4.78, 5) is 15.1. The summed E-state index contributed by atoms with van der Waals surface area (Å²) in [5.74, 6) is 1.70. The predicted molar refractivity (Wildman–Crippen MR) is 83.9 cm³/mol. The summed E-state index contributed by atoms with van der Waals surface area (Å²) in [7, 11) is 1.63. The number of Topliss-reactive ketones (excluding diaryl/α,β-unsaturated/α-hetero) is 1. The molecule has 0 amide bonds. The second-order valence-electron chi connectivity index (χ2n) is 6.35. The number of hydrogen-bond donors (Lipinski definition) is 0. The summed E-state index contributed by atoms with van der Waals surface area (Å²) in [6, 6.07) is 8.20. The van der Waals surface area contributed by atoms with Crippen LogP contribution in [0.5, 0.6) is 5.75 Å². The molecule has 1 aromatic carbocycles. The van der Waals surface area contributed by atoms with Crippen molar-refractivity contribution < 1.29 is 9.53 Å². The first kappa shape index (κ1) is 14.6. The van der Waals surface area contributed by atoms with Crippen LogP contribution in [0.15, 0.2) is 24.3 Å². The largest absolute Gasteiger partial charge is 0.496 e. The van der Waals surface area contributed by atoms with Crippen LogP contribution in [0.3, 0.4) is 0 Å². The molecular formula is C18H25NO2. The minimum Gasteiger partial charge on any atom is -0.496 e. The molecular weight excluding hydrogens is 262 g/mol. The van der Waals surface area contributed by atoms with E-state index in [1.54, 1.807) is 7.11 Å². The van der Waals surface area contributed by atoms with Crippen LogP contribution in [0.25, 0.3) is 0 Å². The van der Waals surface area contributed by atoms with Crippen molar-refractivity contribution in [2.45, 2.75) is 44.6 Å². The first-order valence-corrected chi connectivity index (χ1v) is 8.20. The van der Waals surface area contributed by atoms with E-state index in [4.69, 9.17) is 4.74 Å². The number of fused-ring (bicyclic) bond motifs is 1. The third-order valence-corrected chi connectivity index (χ3v) is 5.11. The van der Waals surface area contributed by atoms with Crippen LogP contribution in [-0.4, -0.2) is 36.9 Å². The van der Waals surface area contributed by atoms with Crippen LogP contribution in [0, 0.1) is 5.92 Å². The van der Waals surface area contributed by atoms with Crippen molar-refractivity contribution in [3.05, 3.63) is 29.8 Å². The van der Waals surface area contributed by atoms with E-state index < -0.39 is 0 Å². The number of methoxy groups -OCH3 is 1. The number of carbonyl (C=O) groups is 1. The van der Waals surface area contributed by atoms with Gasteiger partial charge in [0.15, 0.2) is 5.78 Å². The van der Waals surface area contributed by atoms with Gasteiger partial charge in [-0.15, -0.1) is 0 Å². The molecule has 0 aromatic heterocycles. The van der Waals surface area contributed by atoms with E-state index in [2.05, 4.69) is 4.90 Å². The maximum atomic E-state index is 12.6. The molecule has 3 nitrogen and oxygen atoms in total. The second kappa shape index (κ2) is 6.61. The number of hydrogen-bond acceptors (Lipinski definition) is 3. The predicted octanol–water partition coefficient (Wildman–Crippen LogP) is 3.53. The van der Waals surface area contributed by atoms with Crippen molar-refractivity contribution in [1.29, 1.82) is 0 Å². The van der Waals surface area contributed by atoms with Gasteiger partial charge in [0.2, 0.25) is 0 Å². The number of likely N-dealkylation sites (tertiary alicyclic amines) is 1. The van der Waals surface area contributed by atoms with Crippen molar-refractivity contribution >= 4 is 5.78 Å². The molecule has 1 aliphatic carbocycles. The van der Waals surface area contributed by atoms with Gasteiger partial charge in [-0.3, -0.25) is 9.69 Å². The average molecular weight is 287 g/mol. The smallest absolute Gasteiger partial charge is 0.180 e. The highest BCUT2D eigenvalue weighted by Gasteiger charge is 2.34. The monoisotopic (exact) mass is 287 g/mol. The number of rotatable bonds is 4. The Morgan fingerprint density at radius 1 is 1.19 bits per heavy atom. The number of piperidine rings is 1. The van der Waals surface area contributed by atoms with Gasteiger partial charge in [0.1, 0.15) is 5.75 Å². The lowest BCUT2D eigenvalue weighted by Crippen LogP contribution is -2.48. The van der Waals surface area contributed by atoms with Crippen molar-refractivity contribution in [3.8, 4) is 5.75 Å². The molecule has 0 radical (unpaired) electrons. The summed E-state index contributed by atoms with van der Waals surface area (Å²) < 4.78 is 5.32. The minimum absolute atomic E-state index is 0.193. The number of carbonyl (C=O) groups excluding carboxylic acids is 1. The zero-order valence-corrected chi connectivity index (χ0v) is 12.9. The summed E-state index contributed by atoms with van der Waals surface area (Å²) >= 11 is 0. The fraction of sp³-hybridized carbons (Fsp3) is 0.611. The van der Waals surface area contributed by atoms with Crippen molar-refractivity contribution in [1.82, 2.24) is 4.90 Å². The van der Waals surface area contributed by atoms with Crippen molar-refractivity contribution in [2.75, 3.05) is 20.2 Å². The van der Waals surface area contributed by atoms with Crippen LogP contribution in [0.4, 0.5) is 0 Å². The molecule has 3 rings (SSSR count). The van der Waals surface area contributed by atoms with Gasteiger partial charge in [-0.05, 0) is 50.3 Å². The van der Waals surface area contributed by atoms with Gasteiger partial charge in [-0.25, -0.2) is 0 Å². The standard InChI is InChI=1S/C18H25NO2/c1-21-18-11-5-3-9-15(18)17(20)13-19-12-6-8-14-7-2-4-10-16(14)19/h3,5,9,11,14,16H,2,4,6-8,10,12-13H2,1H3. The van der Waals surface area contributed by atoms with Crippen molar-refractivity contribution in [2.24, 2.45) is 5.92 Å². The molecule has 0 N–H and O–H groups in total. The Kier molecular flexibility index (Phi) is 4.59. The third kappa shape index (κ3) is 3.13. The molecule has 2 unspecified atom stereocenters. The van der Waals surface area contributed by atoms with E-state index in [9.17, 15) is 4.79 Å². The van der Waals surface area contributed by atoms with Crippen LogP contribution < -0.4 is 4.74 Å². The maximum Gasteiger partial charge on any atom is 0.180 e. The second-order valence-corrected chi connectivity index (χ2v) is 6.35. The fourth-order valence-corrected chi connectivity index (χ4v) is 4.07. The molecule has 3 heteroatoms. The van der Waals surface area contributed by atoms with E-state index >= 15 is 0 Å². The molecule has 2 fully saturated rings. The van der Waals surface area contributed by atoms with Gasteiger partial charge in [0.05, 0.1) is 19.2 Å². The molecule has 1 aromatic rings. The molecule has 2 atom stereocenters. The van der Waals surface area contributed by atoms with Gasteiger partial charge in [0.25, 0.3) is 0 Å². The fourth-order valence-electron chi connectivity index (χ4n) is 4.07. The van der Waals surface area contributed by atoms with Gasteiger partial charge in [0, 0.05) is 6.04 Å². The molecule has 1 aliphatic heterocycles. The molecule has 114 valence electrons. The van der Waals surface area contributed by atoms with Crippen molar-refractivity contribution in [3.63, 3.8) is 0 Å². The van der Waals surface area contributed by atoms with E-state index in [-0.39, 0.29) is 5.78 Å². The highest BCUT2D eigenvalue weighted by Crippen LogP contribution is 2.35. The molecule has 1 saturated carbocycles. The summed E-state index contributed by atoms with van der Waals surface area (Å²) in [6.45, 7) is 1.61. The first-order chi connectivity index (χ1) is 10.3. The Bertz CT molecular complexity index is 498.